The molecule has 0 saturated heterocycles. The van der Waals surface area contributed by atoms with Gasteiger partial charge in [0.25, 0.3) is 0 Å². The number of carbonyl (C=O) groups excluding carboxylic acids is 7. The van der Waals surface area contributed by atoms with Crippen LogP contribution >= 0.6 is 22.7 Å². The highest BCUT2D eigenvalue weighted by Crippen LogP contribution is 2.68. The van der Waals surface area contributed by atoms with Crippen LogP contribution in [0.3, 0.4) is 0 Å². The molecule has 0 atom stereocenters. The van der Waals surface area contributed by atoms with E-state index in [0.717, 1.165) is 22.7 Å². The molecule has 2 aromatic heterocycles. The summed E-state index contributed by atoms with van der Waals surface area (Å²) in [4.78, 5) is 108. The molecule has 12 rings (SSSR count). The van der Waals surface area contributed by atoms with Crippen LogP contribution in [0.15, 0.2) is 169 Å². The number of rotatable bonds is 14. The third kappa shape index (κ3) is 9.05. The van der Waals surface area contributed by atoms with Crippen LogP contribution in [0.4, 0.5) is 0 Å². The molecular weight excluding hydrogens is 1110 g/mol. The van der Waals surface area contributed by atoms with Gasteiger partial charge in [-0.1, -0.05) is 121 Å². The Kier molecular flexibility index (Phi) is 14.0. The fourth-order valence-electron chi connectivity index (χ4n) is 11.2. The number of nitrogens with zero attached hydrogens (tertiary/aromatic N) is 4. The normalized spacial score (nSPS) is 14.8. The second kappa shape index (κ2) is 21.9. The maximum absolute atomic E-state index is 16.1. The summed E-state index contributed by atoms with van der Waals surface area (Å²) < 4.78 is 25.0. The molecule has 0 aliphatic heterocycles. The Bertz CT molecular complexity index is 4360. The maximum atomic E-state index is 16.1. The predicted octanol–water partition coefficient (Wildman–Crippen LogP) is 11.0. The Morgan fingerprint density at radius 2 is 0.765 bits per heavy atom. The van der Waals surface area contributed by atoms with Gasteiger partial charge in [0.1, 0.15) is 50.7 Å². The second-order valence-corrected chi connectivity index (χ2v) is 22.3. The summed E-state index contributed by atoms with van der Waals surface area (Å²) in [5, 5.41) is 39.4. The molecule has 6 aromatic carbocycles. The zero-order valence-corrected chi connectivity index (χ0v) is 45.9. The first-order valence-corrected chi connectivity index (χ1v) is 27.9. The molecule has 85 heavy (non-hydrogen) atoms. The Morgan fingerprint density at radius 3 is 1.12 bits per heavy atom. The monoisotopic (exact) mass is 1150 g/mol. The fraction of sp³-hybridized carbons (Fsp3) is 0.103. The van der Waals surface area contributed by atoms with Gasteiger partial charge < -0.3 is 18.9 Å². The van der Waals surface area contributed by atoms with Crippen molar-refractivity contribution >= 4 is 87.2 Å². The number of hydrogen-bond acceptors (Lipinski definition) is 17. The molecule has 4 aliphatic rings. The molecule has 0 unspecified atom stereocenters. The number of ether oxygens (including phenoxy) is 4. The van der Waals surface area contributed by atoms with E-state index in [1.807, 2.05) is 24.3 Å². The number of nitriles is 4. The molecular formula is C68H38N4O11S2. The van der Waals surface area contributed by atoms with Crippen LogP contribution < -0.4 is 0 Å². The number of benzene rings is 6. The quantitative estimate of drug-likeness (QED) is 0.0323. The maximum Gasteiger partial charge on any atom is 0.333 e. The van der Waals surface area contributed by atoms with Crippen molar-refractivity contribution in [3.63, 3.8) is 0 Å². The number of thiophene rings is 2. The van der Waals surface area contributed by atoms with Crippen LogP contribution in [0.2, 0.25) is 0 Å². The highest BCUT2D eigenvalue weighted by molar-refractivity contribution is 7.16. The predicted molar refractivity (Wildman–Crippen MR) is 308 cm³/mol. The summed E-state index contributed by atoms with van der Waals surface area (Å²) >= 11 is 1.80. The van der Waals surface area contributed by atoms with Crippen LogP contribution in [0.5, 0.6) is 0 Å². The Morgan fingerprint density at radius 1 is 0.435 bits per heavy atom. The molecule has 0 amide bonds. The number of allylic oxidation sites excluding steroid dienone is 2. The van der Waals surface area contributed by atoms with Gasteiger partial charge in [-0.25, -0.2) is 0 Å². The third-order valence-corrected chi connectivity index (χ3v) is 17.4. The Labute approximate surface area is 492 Å². The van der Waals surface area contributed by atoms with E-state index in [2.05, 4.69) is 0 Å². The zero-order chi connectivity index (χ0) is 59.1. The molecule has 0 saturated carbocycles. The van der Waals surface area contributed by atoms with Crippen molar-refractivity contribution in [1.29, 1.82) is 21.0 Å². The van der Waals surface area contributed by atoms with Crippen molar-refractivity contribution in [1.82, 2.24) is 0 Å². The minimum Gasteiger partial charge on any atom is -0.459 e. The standard InChI is InChI=1S/C68H38N4O11S2/c69-30-44-22-42-21-43(58(73)50(42)24-45(44)31-70)23-48-28-54-61(84-48)56-57(67(54,63(76)80-34-38-13-5-1-6-14-38)64(77)81-35-39-15-7-2-8-16-39)62-55(29-49(85-62)27-53-59(74)51-25-46(32-71)47(33-72)26-52(51)60(53)75)68(56,65(78)82-36-40-17-9-3-10-18-40)66(79)83-37-41-19-11-4-12-20-41/h1-20,22-29H,21,34-37H2/b43-23-. The van der Waals surface area contributed by atoms with Crippen molar-refractivity contribution in [2.24, 2.45) is 0 Å². The van der Waals surface area contributed by atoms with Crippen molar-refractivity contribution in [3.8, 4) is 24.3 Å². The summed E-state index contributed by atoms with van der Waals surface area (Å²) in [5.41, 5.74) is -3.85. The molecule has 0 fully saturated rings. The van der Waals surface area contributed by atoms with E-state index in [-0.39, 0.29) is 125 Å². The molecule has 408 valence electrons. The highest BCUT2D eigenvalue weighted by Gasteiger charge is 2.72. The SMILES string of the molecule is N#Cc1cc2c(cc1C#N)C(=O)/C(=C\c1cc3c(s1)C1=C(c4sc(C=C5C(=O)c6cc(C#N)c(C#N)cc6C5=O)cc4C1(C(=O)OCc1ccccc1)C(=O)OCc1ccccc1)C3(C(=O)OCc1ccccc1)C(=O)OCc1ccccc1)C2. The lowest BCUT2D eigenvalue weighted by molar-refractivity contribution is -0.165. The van der Waals surface area contributed by atoms with Crippen LogP contribution in [-0.2, 0) is 81.8 Å². The van der Waals surface area contributed by atoms with Gasteiger partial charge in [-0.15, -0.1) is 22.7 Å². The smallest absolute Gasteiger partial charge is 0.333 e. The van der Waals surface area contributed by atoms with Crippen LogP contribution in [0.1, 0.15) is 112 Å². The van der Waals surface area contributed by atoms with Gasteiger partial charge in [0.15, 0.2) is 17.3 Å². The van der Waals surface area contributed by atoms with E-state index >= 15 is 19.2 Å². The second-order valence-electron chi connectivity index (χ2n) is 20.1. The Hall–Kier alpha value is -11.2. The average molecular weight is 1150 g/mol. The van der Waals surface area contributed by atoms with Gasteiger partial charge in [0.2, 0.25) is 10.8 Å². The van der Waals surface area contributed by atoms with Gasteiger partial charge in [0.05, 0.1) is 27.8 Å². The highest BCUT2D eigenvalue weighted by atomic mass is 32.1. The zero-order valence-electron chi connectivity index (χ0n) is 44.3. The van der Waals surface area contributed by atoms with E-state index in [0.29, 0.717) is 27.8 Å². The lowest BCUT2D eigenvalue weighted by Crippen LogP contribution is -2.45. The summed E-state index contributed by atoms with van der Waals surface area (Å²) in [6.45, 7) is -1.52. The molecule has 17 heteroatoms. The first-order chi connectivity index (χ1) is 41.3. The molecule has 15 nitrogen and oxygen atoms in total. The first kappa shape index (κ1) is 54.4. The van der Waals surface area contributed by atoms with Gasteiger partial charge in [-0.2, -0.15) is 21.0 Å². The van der Waals surface area contributed by atoms with Crippen molar-refractivity contribution < 1.29 is 52.5 Å². The summed E-state index contributed by atoms with van der Waals surface area (Å²) in [6, 6.07) is 50.4. The van der Waals surface area contributed by atoms with Crippen LogP contribution in [0, 0.1) is 45.3 Å². The molecule has 0 spiro atoms. The van der Waals surface area contributed by atoms with Crippen molar-refractivity contribution in [2.75, 3.05) is 0 Å². The molecule has 0 radical (unpaired) electrons. The number of Topliss-reactive ketones (excluding diaryl/α,β-unsaturated/α-hetero) is 3. The number of carbonyl (C=O) groups is 7. The number of fused-ring (bicyclic) bond motifs is 6. The lowest BCUT2D eigenvalue weighted by atomic mass is 9.76. The van der Waals surface area contributed by atoms with Crippen LogP contribution in [0.25, 0.3) is 23.3 Å². The van der Waals surface area contributed by atoms with Crippen LogP contribution in [-0.4, -0.2) is 41.2 Å². The minimum atomic E-state index is -2.73. The number of hydrogen-bond donors (Lipinski definition) is 0. The molecule has 8 aromatic rings. The average Bonchev–Trinajstić information content (AvgIpc) is 1.49. The molecule has 0 bridgehead atoms. The first-order valence-electron chi connectivity index (χ1n) is 26.2. The third-order valence-electron chi connectivity index (χ3n) is 15.2. The Balaban J connectivity index is 1.13. The molecule has 0 N–H and O–H groups in total. The van der Waals surface area contributed by atoms with Crippen molar-refractivity contribution in [2.45, 2.75) is 43.7 Å². The number of ketones is 3. The minimum absolute atomic E-state index is 0.0100. The van der Waals surface area contributed by atoms with Crippen molar-refractivity contribution in [3.05, 3.63) is 266 Å². The summed E-state index contributed by atoms with van der Waals surface area (Å²) in [7, 11) is 0. The lowest BCUT2D eigenvalue weighted by Gasteiger charge is -2.29. The summed E-state index contributed by atoms with van der Waals surface area (Å²) in [5.74, 6) is -6.76. The van der Waals surface area contributed by atoms with Gasteiger partial charge >= 0.3 is 23.9 Å². The fourth-order valence-corrected chi connectivity index (χ4v) is 13.8. The summed E-state index contributed by atoms with van der Waals surface area (Å²) in [6.07, 6.45) is 2.82. The van der Waals surface area contributed by atoms with E-state index in [4.69, 9.17) is 18.9 Å². The number of esters is 4. The van der Waals surface area contributed by atoms with E-state index in [1.54, 1.807) is 127 Å². The molecule has 2 heterocycles. The van der Waals surface area contributed by atoms with E-state index in [1.165, 1.54) is 42.5 Å². The van der Waals surface area contributed by atoms with Gasteiger partial charge in [0, 0.05) is 70.5 Å². The van der Waals surface area contributed by atoms with Gasteiger partial charge in [-0.3, -0.25) is 33.6 Å². The van der Waals surface area contributed by atoms with Gasteiger partial charge in [-0.05, 0) is 76.4 Å². The van der Waals surface area contributed by atoms with E-state index in [9.17, 15) is 35.4 Å². The largest absolute Gasteiger partial charge is 0.459 e. The van der Waals surface area contributed by atoms with E-state index < -0.39 is 52.1 Å². The topological polar surface area (TPSA) is 252 Å². The molecule has 4 aliphatic carbocycles.